The van der Waals surface area contributed by atoms with Crippen molar-refractivity contribution in [3.05, 3.63) is 0 Å². The zero-order valence-corrected chi connectivity index (χ0v) is 6.59. The molecule has 0 aromatic rings. The molecule has 6 aliphatic rings. The Kier molecular flexibility index (Phi) is 0.291. The maximum Gasteiger partial charge on any atom is -0.0162 e. The fourth-order valence-electron chi connectivity index (χ4n) is 7.59. The molecular formula is C11H12. The predicted molar refractivity (Wildman–Crippen MR) is 39.7 cm³/mol. The molecule has 6 atom stereocenters. The lowest BCUT2D eigenvalue weighted by molar-refractivity contribution is -0.610. The van der Waals surface area contributed by atoms with Gasteiger partial charge in [-0.2, -0.15) is 0 Å². The van der Waals surface area contributed by atoms with Gasteiger partial charge in [-0.3, -0.25) is 0 Å². The van der Waals surface area contributed by atoms with Gasteiger partial charge in [0, 0.05) is 0 Å². The van der Waals surface area contributed by atoms with Gasteiger partial charge in [0.1, 0.15) is 0 Å². The third-order valence-electron chi connectivity index (χ3n) is 7.23. The fraction of sp³-hybridized carbons (Fsp3) is 1.00. The summed E-state index contributed by atoms with van der Waals surface area (Å²) in [7, 11) is 0. The summed E-state index contributed by atoms with van der Waals surface area (Å²) < 4.78 is 0. The zero-order chi connectivity index (χ0) is 6.59. The van der Waals surface area contributed by atoms with Crippen molar-refractivity contribution < 1.29 is 0 Å². The molecule has 0 heterocycles. The normalized spacial score (nSPS) is 100. The Hall–Kier alpha value is 0. The second kappa shape index (κ2) is 0.744. The van der Waals surface area contributed by atoms with Gasteiger partial charge in [0.15, 0.2) is 0 Å². The van der Waals surface area contributed by atoms with E-state index in [9.17, 15) is 0 Å². The Balaban J connectivity index is 1.77. The minimum absolute atomic E-state index is 1.04. The maximum atomic E-state index is 1.69. The molecule has 6 aliphatic carbocycles. The summed E-state index contributed by atoms with van der Waals surface area (Å²) in [6, 6.07) is 0. The second-order valence-electron chi connectivity index (χ2n) is 6.37. The van der Waals surface area contributed by atoms with Crippen molar-refractivity contribution in [2.45, 2.75) is 19.3 Å². The van der Waals surface area contributed by atoms with Gasteiger partial charge in [-0.05, 0) is 65.6 Å². The van der Waals surface area contributed by atoms with E-state index in [1.807, 2.05) is 0 Å². The first-order chi connectivity index (χ1) is 5.41. The van der Waals surface area contributed by atoms with Crippen LogP contribution in [0.4, 0.5) is 0 Å². The summed E-state index contributed by atoms with van der Waals surface area (Å²) in [5.41, 5.74) is 2.13. The van der Waals surface area contributed by atoms with Crippen LogP contribution in [0.15, 0.2) is 0 Å². The van der Waals surface area contributed by atoms with Crippen molar-refractivity contribution in [2.24, 2.45) is 46.3 Å². The molecular weight excluding hydrogens is 132 g/mol. The Morgan fingerprint density at radius 1 is 0.909 bits per heavy atom. The SMILES string of the molecule is C1C2C3CC45CC6C1C2(C34)C65. The van der Waals surface area contributed by atoms with Crippen LogP contribution in [0.5, 0.6) is 0 Å². The van der Waals surface area contributed by atoms with Crippen molar-refractivity contribution in [2.75, 3.05) is 0 Å². The molecule has 0 saturated heterocycles. The van der Waals surface area contributed by atoms with Gasteiger partial charge < -0.3 is 0 Å². The Morgan fingerprint density at radius 2 is 1.55 bits per heavy atom. The number of fused-ring (bicyclic) bond motifs is 2. The molecule has 0 radical (unpaired) electrons. The molecule has 0 heteroatoms. The summed E-state index contributed by atoms with van der Waals surface area (Å²) >= 11 is 0. The van der Waals surface area contributed by atoms with Crippen LogP contribution < -0.4 is 0 Å². The second-order valence-corrected chi connectivity index (χ2v) is 6.37. The topological polar surface area (TPSA) is 0 Å². The quantitative estimate of drug-likeness (QED) is 0.487. The van der Waals surface area contributed by atoms with E-state index in [1.54, 1.807) is 19.3 Å². The van der Waals surface area contributed by atoms with Gasteiger partial charge in [-0.1, -0.05) is 0 Å². The number of rotatable bonds is 0. The van der Waals surface area contributed by atoms with E-state index in [2.05, 4.69) is 0 Å². The summed E-state index contributed by atoms with van der Waals surface area (Å²) in [5.74, 6) is 7.80. The Labute approximate surface area is 66.4 Å². The lowest BCUT2D eigenvalue weighted by Crippen LogP contribution is -3.03. The maximum absolute atomic E-state index is 1.69. The molecule has 6 saturated carbocycles. The van der Waals surface area contributed by atoms with E-state index in [1.165, 1.54) is 35.5 Å². The van der Waals surface area contributed by atoms with Crippen LogP contribution in [0.1, 0.15) is 19.3 Å². The highest BCUT2D eigenvalue weighted by molar-refractivity contribution is 5.50. The van der Waals surface area contributed by atoms with Gasteiger partial charge in [-0.25, -0.2) is 0 Å². The van der Waals surface area contributed by atoms with E-state index >= 15 is 0 Å². The molecule has 0 aromatic heterocycles. The molecule has 0 amide bonds. The lowest BCUT2D eigenvalue weighted by Gasteiger charge is -3.08. The van der Waals surface area contributed by atoms with Crippen LogP contribution in [0.3, 0.4) is 0 Å². The van der Waals surface area contributed by atoms with Crippen molar-refractivity contribution in [3.8, 4) is 0 Å². The number of hydrogen-bond donors (Lipinski definition) is 0. The molecule has 11 heavy (non-hydrogen) atoms. The average molecular weight is 144 g/mol. The highest BCUT2D eigenvalue weighted by atomic mass is 15.1. The van der Waals surface area contributed by atoms with E-state index < -0.39 is 0 Å². The van der Waals surface area contributed by atoms with E-state index in [0.717, 1.165) is 10.8 Å². The summed E-state index contributed by atoms with van der Waals surface area (Å²) in [6.45, 7) is 0. The molecule has 6 rings (SSSR count). The smallest absolute Gasteiger partial charge is 0.0162 e. The molecule has 0 aromatic carbocycles. The predicted octanol–water partition coefficient (Wildman–Crippen LogP) is 1.91. The molecule has 6 fully saturated rings. The van der Waals surface area contributed by atoms with Crippen molar-refractivity contribution in [1.82, 2.24) is 0 Å². The molecule has 0 nitrogen and oxygen atoms in total. The van der Waals surface area contributed by atoms with Gasteiger partial charge in [0.25, 0.3) is 0 Å². The van der Waals surface area contributed by atoms with Crippen LogP contribution in [0.2, 0.25) is 0 Å². The molecule has 0 aliphatic heterocycles. The molecule has 2 spiro atoms. The largest absolute Gasteiger partial charge is 0.0459 e. The Bertz CT molecular complexity index is 297. The number of hydrogen-bond acceptors (Lipinski definition) is 0. The van der Waals surface area contributed by atoms with E-state index in [4.69, 9.17) is 0 Å². The average Bonchev–Trinajstić information content (AvgIpc) is 1.75. The molecule has 0 bridgehead atoms. The lowest BCUT2D eigenvalue weighted by atomic mass is 8.96. The molecule has 56 valence electrons. The van der Waals surface area contributed by atoms with E-state index in [0.29, 0.717) is 0 Å². The third kappa shape index (κ3) is 0.147. The monoisotopic (exact) mass is 144 g/mol. The molecule has 6 unspecified atom stereocenters. The van der Waals surface area contributed by atoms with Crippen LogP contribution >= 0.6 is 0 Å². The van der Waals surface area contributed by atoms with Crippen LogP contribution in [0.25, 0.3) is 0 Å². The van der Waals surface area contributed by atoms with Crippen molar-refractivity contribution in [3.63, 3.8) is 0 Å². The van der Waals surface area contributed by atoms with Crippen LogP contribution in [-0.2, 0) is 0 Å². The van der Waals surface area contributed by atoms with Gasteiger partial charge in [0.05, 0.1) is 0 Å². The van der Waals surface area contributed by atoms with Crippen molar-refractivity contribution >= 4 is 0 Å². The minimum Gasteiger partial charge on any atom is -0.0459 e. The Morgan fingerprint density at radius 3 is 2.09 bits per heavy atom. The van der Waals surface area contributed by atoms with Gasteiger partial charge in [0.2, 0.25) is 0 Å². The van der Waals surface area contributed by atoms with Crippen LogP contribution in [-0.4, -0.2) is 0 Å². The summed E-state index contributed by atoms with van der Waals surface area (Å²) in [6.07, 6.45) is 5.06. The molecule has 0 N–H and O–H groups in total. The highest BCUT2D eigenvalue weighted by Gasteiger charge is 3.03. The first kappa shape index (κ1) is 4.30. The third-order valence-corrected chi connectivity index (χ3v) is 7.23. The zero-order valence-electron chi connectivity index (χ0n) is 6.59. The van der Waals surface area contributed by atoms with Gasteiger partial charge >= 0.3 is 0 Å². The standard InChI is InChI=1S/C11H12/c1-6-4-2-10-3-5-7(1)11(6,8(4)10)9(5)10/h4-9H,1-3H2. The summed E-state index contributed by atoms with van der Waals surface area (Å²) in [4.78, 5) is 0. The first-order valence-corrected chi connectivity index (χ1v) is 5.41. The van der Waals surface area contributed by atoms with Crippen LogP contribution in [0, 0.1) is 46.3 Å². The first-order valence-electron chi connectivity index (χ1n) is 5.41. The summed E-state index contributed by atoms with van der Waals surface area (Å²) in [5, 5.41) is 0. The van der Waals surface area contributed by atoms with Crippen molar-refractivity contribution in [1.29, 1.82) is 0 Å². The highest BCUT2D eigenvalue weighted by Crippen LogP contribution is 3.08. The minimum atomic E-state index is 1.04. The van der Waals surface area contributed by atoms with Gasteiger partial charge in [-0.15, -0.1) is 0 Å². The fourth-order valence-corrected chi connectivity index (χ4v) is 7.59. The van der Waals surface area contributed by atoms with E-state index in [-0.39, 0.29) is 0 Å².